The number of rotatable bonds is 11. The molecule has 7 heteroatoms. The average Bonchev–Trinajstić information content (AvgIpc) is 3.49. The maximum atomic E-state index is 6.43. The largest absolute Gasteiger partial charge is 0.497 e. The predicted molar refractivity (Wildman–Crippen MR) is 120 cm³/mol. The van der Waals surface area contributed by atoms with Crippen LogP contribution in [0.1, 0.15) is 17.5 Å². The Balaban J connectivity index is 1.36. The average molecular weight is 439 g/mol. The van der Waals surface area contributed by atoms with Crippen molar-refractivity contribution in [2.24, 2.45) is 0 Å². The number of imidazole rings is 1. The molecule has 1 saturated heterocycles. The number of hydrogen-bond acceptors (Lipinski definition) is 6. The smallest absolute Gasteiger partial charge is 0.187 e. The van der Waals surface area contributed by atoms with Gasteiger partial charge in [0.05, 0.1) is 46.9 Å². The van der Waals surface area contributed by atoms with Crippen molar-refractivity contribution in [1.82, 2.24) is 9.55 Å². The van der Waals surface area contributed by atoms with E-state index in [0.717, 1.165) is 29.9 Å². The van der Waals surface area contributed by atoms with Gasteiger partial charge in [0.2, 0.25) is 0 Å². The molecular weight excluding hydrogens is 408 g/mol. The molecule has 32 heavy (non-hydrogen) atoms. The third-order valence-electron chi connectivity index (χ3n) is 5.60. The lowest BCUT2D eigenvalue weighted by Crippen LogP contribution is -2.37. The van der Waals surface area contributed by atoms with E-state index in [1.165, 1.54) is 5.56 Å². The second-order valence-electron chi connectivity index (χ2n) is 7.87. The molecule has 3 aromatic rings. The molecule has 2 aromatic carbocycles. The maximum absolute atomic E-state index is 6.43. The van der Waals surface area contributed by atoms with Crippen molar-refractivity contribution < 1.29 is 23.7 Å². The van der Waals surface area contributed by atoms with E-state index in [4.69, 9.17) is 23.7 Å². The highest BCUT2D eigenvalue weighted by Gasteiger charge is 2.41. The van der Waals surface area contributed by atoms with Crippen LogP contribution in [-0.2, 0) is 33.8 Å². The van der Waals surface area contributed by atoms with Gasteiger partial charge < -0.3 is 28.3 Å². The Bertz CT molecular complexity index is 961. The minimum atomic E-state index is -0.723. The van der Waals surface area contributed by atoms with Gasteiger partial charge in [-0.25, -0.2) is 4.98 Å². The molecule has 0 N–H and O–H groups in total. The van der Waals surface area contributed by atoms with Crippen LogP contribution in [0.3, 0.4) is 0 Å². The quantitative estimate of drug-likeness (QED) is 0.453. The normalized spacial score (nSPS) is 20.4. The summed E-state index contributed by atoms with van der Waals surface area (Å²) in [5, 5.41) is 0. The zero-order chi connectivity index (χ0) is 22.2. The van der Waals surface area contributed by atoms with E-state index in [1.807, 2.05) is 47.2 Å². The van der Waals surface area contributed by atoms with Crippen molar-refractivity contribution in [1.29, 1.82) is 0 Å². The number of methoxy groups -OCH3 is 2. The summed E-state index contributed by atoms with van der Waals surface area (Å²) in [4.78, 5) is 4.15. The van der Waals surface area contributed by atoms with Crippen molar-refractivity contribution in [3.8, 4) is 11.5 Å². The molecule has 0 radical (unpaired) electrons. The van der Waals surface area contributed by atoms with Crippen LogP contribution in [0.5, 0.6) is 11.5 Å². The molecule has 2 heterocycles. The third kappa shape index (κ3) is 5.68. The van der Waals surface area contributed by atoms with E-state index >= 15 is 0 Å². The lowest BCUT2D eigenvalue weighted by molar-refractivity contribution is -0.187. The first kappa shape index (κ1) is 22.3. The van der Waals surface area contributed by atoms with Gasteiger partial charge >= 0.3 is 0 Å². The topological polar surface area (TPSA) is 64.0 Å². The van der Waals surface area contributed by atoms with Gasteiger partial charge in [-0.1, -0.05) is 30.3 Å². The van der Waals surface area contributed by atoms with E-state index in [2.05, 4.69) is 17.1 Å². The highest BCUT2D eigenvalue weighted by Crippen LogP contribution is 2.31. The summed E-state index contributed by atoms with van der Waals surface area (Å²) in [6.07, 6.45) is 6.89. The number of hydrogen-bond donors (Lipinski definition) is 0. The predicted octanol–water partition coefficient (Wildman–Crippen LogP) is 3.86. The van der Waals surface area contributed by atoms with Crippen molar-refractivity contribution in [3.05, 3.63) is 78.4 Å². The monoisotopic (exact) mass is 438 g/mol. The van der Waals surface area contributed by atoms with Gasteiger partial charge in [0.1, 0.15) is 17.6 Å². The molecule has 1 aliphatic heterocycles. The Kier molecular flexibility index (Phi) is 7.42. The van der Waals surface area contributed by atoms with Gasteiger partial charge in [-0.3, -0.25) is 0 Å². The summed E-state index contributed by atoms with van der Waals surface area (Å²) >= 11 is 0. The van der Waals surface area contributed by atoms with Crippen LogP contribution in [0, 0.1) is 0 Å². The fraction of sp³-hybridized carbons (Fsp3) is 0.400. The fourth-order valence-electron chi connectivity index (χ4n) is 3.90. The van der Waals surface area contributed by atoms with Gasteiger partial charge in [-0.05, 0) is 30.2 Å². The molecule has 170 valence electrons. The molecule has 0 bridgehead atoms. The van der Waals surface area contributed by atoms with E-state index in [-0.39, 0.29) is 6.10 Å². The molecule has 4 rings (SSSR count). The van der Waals surface area contributed by atoms with Crippen molar-refractivity contribution in [3.63, 3.8) is 0 Å². The SMILES string of the molecule is COc1ccc(CCC2(Cn3ccnc3)OCC(COCc3ccccc3OC)O2)cc1. The van der Waals surface area contributed by atoms with Crippen LogP contribution >= 0.6 is 0 Å². The number of benzene rings is 2. The molecule has 2 atom stereocenters. The lowest BCUT2D eigenvalue weighted by Gasteiger charge is -2.28. The second kappa shape index (κ2) is 10.6. The van der Waals surface area contributed by atoms with Gasteiger partial charge in [0.25, 0.3) is 0 Å². The minimum absolute atomic E-state index is 0.135. The number of aromatic nitrogens is 2. The molecule has 7 nitrogen and oxygen atoms in total. The first-order valence-corrected chi connectivity index (χ1v) is 10.8. The number of aryl methyl sites for hydroxylation is 1. The summed E-state index contributed by atoms with van der Waals surface area (Å²) in [6.45, 7) is 1.98. The molecule has 0 saturated carbocycles. The Morgan fingerprint density at radius 2 is 1.94 bits per heavy atom. The Morgan fingerprint density at radius 1 is 1.09 bits per heavy atom. The highest BCUT2D eigenvalue weighted by molar-refractivity contribution is 5.32. The summed E-state index contributed by atoms with van der Waals surface area (Å²) in [6, 6.07) is 16.0. The molecule has 0 aliphatic carbocycles. The third-order valence-corrected chi connectivity index (χ3v) is 5.60. The maximum Gasteiger partial charge on any atom is 0.187 e. The molecule has 1 aliphatic rings. The Labute approximate surface area is 188 Å². The Hall–Kier alpha value is -2.87. The van der Waals surface area contributed by atoms with Gasteiger partial charge in [0, 0.05) is 24.4 Å². The van der Waals surface area contributed by atoms with Crippen molar-refractivity contribution >= 4 is 0 Å². The second-order valence-corrected chi connectivity index (χ2v) is 7.87. The fourth-order valence-corrected chi connectivity index (χ4v) is 3.90. The standard InChI is InChI=1S/C25H30N2O5/c1-28-22-9-7-20(8-10-22)11-12-25(18-27-14-13-26-19-27)31-17-23(32-25)16-30-15-21-5-3-4-6-24(21)29-2/h3-10,13-14,19,23H,11-12,15-18H2,1-2H3. The molecule has 2 unspecified atom stereocenters. The van der Waals surface area contributed by atoms with Crippen LogP contribution < -0.4 is 9.47 Å². The van der Waals surface area contributed by atoms with Crippen LogP contribution in [-0.4, -0.2) is 48.9 Å². The zero-order valence-electron chi connectivity index (χ0n) is 18.6. The first-order valence-electron chi connectivity index (χ1n) is 10.8. The van der Waals surface area contributed by atoms with E-state index in [1.54, 1.807) is 26.7 Å². The lowest BCUT2D eigenvalue weighted by atomic mass is 10.0. The Morgan fingerprint density at radius 3 is 2.69 bits per heavy atom. The summed E-state index contributed by atoms with van der Waals surface area (Å²) in [5.74, 6) is 0.951. The van der Waals surface area contributed by atoms with Crippen LogP contribution in [0.25, 0.3) is 0 Å². The summed E-state index contributed by atoms with van der Waals surface area (Å²) in [5.41, 5.74) is 2.22. The van der Waals surface area contributed by atoms with Crippen molar-refractivity contribution in [2.45, 2.75) is 37.9 Å². The van der Waals surface area contributed by atoms with Crippen LogP contribution in [0.4, 0.5) is 0 Å². The molecule has 1 aromatic heterocycles. The molecule has 1 fully saturated rings. The molecular formula is C25H30N2O5. The zero-order valence-corrected chi connectivity index (χ0v) is 18.6. The minimum Gasteiger partial charge on any atom is -0.497 e. The number of ether oxygens (including phenoxy) is 5. The summed E-state index contributed by atoms with van der Waals surface area (Å²) < 4.78 is 31.3. The van der Waals surface area contributed by atoms with E-state index < -0.39 is 5.79 Å². The van der Waals surface area contributed by atoms with Crippen molar-refractivity contribution in [2.75, 3.05) is 27.4 Å². The van der Waals surface area contributed by atoms with Crippen LogP contribution in [0.2, 0.25) is 0 Å². The van der Waals surface area contributed by atoms with Crippen LogP contribution in [0.15, 0.2) is 67.3 Å². The van der Waals surface area contributed by atoms with Gasteiger partial charge in [0.15, 0.2) is 5.79 Å². The first-order chi connectivity index (χ1) is 15.7. The molecule has 0 amide bonds. The van der Waals surface area contributed by atoms with Gasteiger partial charge in [-0.15, -0.1) is 0 Å². The van der Waals surface area contributed by atoms with E-state index in [9.17, 15) is 0 Å². The highest BCUT2D eigenvalue weighted by atomic mass is 16.8. The van der Waals surface area contributed by atoms with Gasteiger partial charge in [-0.2, -0.15) is 0 Å². The molecule has 0 spiro atoms. The summed E-state index contributed by atoms with van der Waals surface area (Å²) in [7, 11) is 3.34. The number of nitrogens with zero attached hydrogens (tertiary/aromatic N) is 2. The van der Waals surface area contributed by atoms with E-state index in [0.29, 0.717) is 26.4 Å². The number of para-hydroxylation sites is 1.